The molecule has 0 unspecified atom stereocenters. The summed E-state index contributed by atoms with van der Waals surface area (Å²) >= 11 is 0. The molecule has 0 amide bonds. The first-order chi connectivity index (χ1) is 6.35. The lowest BCUT2D eigenvalue weighted by Crippen LogP contribution is -1.68. The Morgan fingerprint density at radius 1 is 1.23 bits per heavy atom. The molecule has 0 spiro atoms. The second-order valence-electron chi connectivity index (χ2n) is 1.82. The Labute approximate surface area is 80.4 Å². The lowest BCUT2D eigenvalue weighted by atomic mass is 10.3. The van der Waals surface area contributed by atoms with E-state index in [2.05, 4.69) is 4.99 Å². The fourth-order valence-electron chi connectivity index (χ4n) is 0.548. The van der Waals surface area contributed by atoms with Crippen molar-refractivity contribution in [3.8, 4) is 0 Å². The van der Waals surface area contributed by atoms with Gasteiger partial charge in [0.2, 0.25) is 6.08 Å². The number of isocyanates is 1. The molecule has 0 heterocycles. The van der Waals surface area contributed by atoms with Gasteiger partial charge in [-0.1, -0.05) is 32.1 Å². The van der Waals surface area contributed by atoms with Gasteiger partial charge in [0.25, 0.3) is 0 Å². The summed E-state index contributed by atoms with van der Waals surface area (Å²) in [4.78, 5) is 13.3. The first kappa shape index (κ1) is 14.1. The molecule has 0 aliphatic heterocycles. The summed E-state index contributed by atoms with van der Waals surface area (Å²) < 4.78 is 0. The predicted octanol–water partition coefficient (Wildman–Crippen LogP) is 3.38. The van der Waals surface area contributed by atoms with E-state index in [0.717, 1.165) is 0 Å². The predicted molar refractivity (Wildman–Crippen MR) is 57.2 cm³/mol. The number of aliphatic imine (C=N–C) groups is 1. The first-order valence-corrected chi connectivity index (χ1v) is 4.38. The fourth-order valence-corrected chi connectivity index (χ4v) is 0.548. The van der Waals surface area contributed by atoms with Crippen LogP contribution < -0.4 is 0 Å². The number of rotatable bonds is 3. The molecule has 2 nitrogen and oxygen atoms in total. The molecule has 0 bridgehead atoms. The van der Waals surface area contributed by atoms with Crippen molar-refractivity contribution in [3.63, 3.8) is 0 Å². The standard InChI is InChI=1S/C9H11NO.C2H6/c1-3-5-7-9(6-4-2)10-8-11;1-2/h3-7H,1-2H3;1-2H3/b5-3-,6-4-,9-7+;. The Morgan fingerprint density at radius 2 is 1.85 bits per heavy atom. The molecule has 0 aliphatic carbocycles. The van der Waals surface area contributed by atoms with Crippen molar-refractivity contribution >= 4 is 6.08 Å². The topological polar surface area (TPSA) is 29.4 Å². The van der Waals surface area contributed by atoms with E-state index in [1.54, 1.807) is 12.2 Å². The van der Waals surface area contributed by atoms with E-state index in [4.69, 9.17) is 0 Å². The third kappa shape index (κ3) is 10.6. The summed E-state index contributed by atoms with van der Waals surface area (Å²) in [5, 5.41) is 0. The molecule has 2 heteroatoms. The van der Waals surface area contributed by atoms with Crippen LogP contribution >= 0.6 is 0 Å². The molecule has 0 aromatic rings. The van der Waals surface area contributed by atoms with Crippen molar-refractivity contribution in [2.45, 2.75) is 27.7 Å². The zero-order valence-electron chi connectivity index (χ0n) is 8.74. The van der Waals surface area contributed by atoms with Gasteiger partial charge in [-0.25, -0.2) is 4.79 Å². The van der Waals surface area contributed by atoms with Crippen molar-refractivity contribution in [2.75, 3.05) is 0 Å². The lowest BCUT2D eigenvalue weighted by molar-refractivity contribution is 0.565. The molecule has 0 saturated heterocycles. The fraction of sp³-hybridized carbons (Fsp3) is 0.364. The van der Waals surface area contributed by atoms with Gasteiger partial charge in [-0.2, -0.15) is 4.99 Å². The highest BCUT2D eigenvalue weighted by molar-refractivity contribution is 5.40. The zero-order valence-corrected chi connectivity index (χ0v) is 8.74. The van der Waals surface area contributed by atoms with E-state index in [1.807, 2.05) is 45.9 Å². The van der Waals surface area contributed by atoms with Gasteiger partial charge >= 0.3 is 0 Å². The van der Waals surface area contributed by atoms with E-state index in [9.17, 15) is 4.79 Å². The van der Waals surface area contributed by atoms with Crippen molar-refractivity contribution in [2.24, 2.45) is 4.99 Å². The van der Waals surface area contributed by atoms with Crippen LogP contribution in [0.4, 0.5) is 0 Å². The van der Waals surface area contributed by atoms with Gasteiger partial charge in [0.1, 0.15) is 0 Å². The van der Waals surface area contributed by atoms with Gasteiger partial charge in [-0.05, 0) is 26.0 Å². The summed E-state index contributed by atoms with van der Waals surface area (Å²) in [6, 6.07) is 0. The quantitative estimate of drug-likeness (QED) is 0.371. The van der Waals surface area contributed by atoms with E-state index < -0.39 is 0 Å². The Balaban J connectivity index is 0. The van der Waals surface area contributed by atoms with E-state index in [0.29, 0.717) is 5.70 Å². The van der Waals surface area contributed by atoms with Gasteiger partial charge in [0.05, 0.1) is 5.70 Å². The van der Waals surface area contributed by atoms with Gasteiger partial charge in [0.15, 0.2) is 0 Å². The van der Waals surface area contributed by atoms with Crippen molar-refractivity contribution in [1.82, 2.24) is 0 Å². The van der Waals surface area contributed by atoms with Crippen molar-refractivity contribution < 1.29 is 4.79 Å². The summed E-state index contributed by atoms with van der Waals surface area (Å²) in [5.74, 6) is 0. The molecule has 0 atom stereocenters. The van der Waals surface area contributed by atoms with Crippen LogP contribution in [0.2, 0.25) is 0 Å². The van der Waals surface area contributed by atoms with Gasteiger partial charge < -0.3 is 0 Å². The Kier molecular flexibility index (Phi) is 14.4. The summed E-state index contributed by atoms with van der Waals surface area (Å²) in [7, 11) is 0. The Bertz CT molecular complexity index is 230. The van der Waals surface area contributed by atoms with E-state index in [1.165, 1.54) is 6.08 Å². The normalized spacial score (nSPS) is 10.9. The molecule has 0 rings (SSSR count). The average Bonchev–Trinajstić information content (AvgIpc) is 2.18. The molecule has 72 valence electrons. The summed E-state index contributed by atoms with van der Waals surface area (Å²) in [6.07, 6.45) is 10.5. The molecule has 0 N–H and O–H groups in total. The number of allylic oxidation sites excluding steroid dienone is 5. The smallest absolute Gasteiger partial charge is 0.211 e. The average molecular weight is 179 g/mol. The largest absolute Gasteiger partial charge is 0.240 e. The zero-order chi connectivity index (χ0) is 10.5. The van der Waals surface area contributed by atoms with Crippen LogP contribution in [0, 0.1) is 0 Å². The van der Waals surface area contributed by atoms with Crippen LogP contribution in [0.5, 0.6) is 0 Å². The highest BCUT2D eigenvalue weighted by Gasteiger charge is 1.81. The van der Waals surface area contributed by atoms with Crippen LogP contribution in [0.3, 0.4) is 0 Å². The minimum Gasteiger partial charge on any atom is -0.211 e. The molecule has 13 heavy (non-hydrogen) atoms. The first-order valence-electron chi connectivity index (χ1n) is 4.38. The third-order valence-corrected chi connectivity index (χ3v) is 0.972. The maximum Gasteiger partial charge on any atom is 0.240 e. The van der Waals surface area contributed by atoms with Crippen LogP contribution in [0.15, 0.2) is 41.1 Å². The molecule has 0 fully saturated rings. The monoisotopic (exact) mass is 179 g/mol. The highest BCUT2D eigenvalue weighted by Crippen LogP contribution is 1.97. The summed E-state index contributed by atoms with van der Waals surface area (Å²) in [6.45, 7) is 7.76. The second-order valence-corrected chi connectivity index (χ2v) is 1.82. The van der Waals surface area contributed by atoms with E-state index >= 15 is 0 Å². The number of nitrogens with zero attached hydrogens (tertiary/aromatic N) is 1. The van der Waals surface area contributed by atoms with E-state index in [-0.39, 0.29) is 0 Å². The van der Waals surface area contributed by atoms with Crippen LogP contribution in [0.1, 0.15) is 27.7 Å². The molecule has 0 aliphatic rings. The van der Waals surface area contributed by atoms with Crippen molar-refractivity contribution in [1.29, 1.82) is 0 Å². The minimum absolute atomic E-state index is 0.612. The van der Waals surface area contributed by atoms with Gasteiger partial charge in [-0.3, -0.25) is 0 Å². The molecule has 0 aromatic carbocycles. The molecular formula is C11H17NO. The third-order valence-electron chi connectivity index (χ3n) is 0.972. The number of hydrogen-bond donors (Lipinski definition) is 0. The Morgan fingerprint density at radius 3 is 2.23 bits per heavy atom. The maximum atomic E-state index is 9.86. The number of hydrogen-bond acceptors (Lipinski definition) is 2. The molecule has 0 radical (unpaired) electrons. The molecular weight excluding hydrogens is 162 g/mol. The summed E-state index contributed by atoms with van der Waals surface area (Å²) in [5.41, 5.74) is 0.612. The van der Waals surface area contributed by atoms with Crippen LogP contribution in [-0.4, -0.2) is 6.08 Å². The highest BCUT2D eigenvalue weighted by atomic mass is 16.1. The second kappa shape index (κ2) is 13.2. The molecule has 0 saturated carbocycles. The SMILES string of the molecule is CC.C\C=C/C=C(\C=C/C)N=C=O. The van der Waals surface area contributed by atoms with Gasteiger partial charge in [-0.15, -0.1) is 0 Å². The lowest BCUT2D eigenvalue weighted by Gasteiger charge is -1.84. The van der Waals surface area contributed by atoms with Gasteiger partial charge in [0, 0.05) is 0 Å². The van der Waals surface area contributed by atoms with Crippen molar-refractivity contribution in [3.05, 3.63) is 36.1 Å². The maximum absolute atomic E-state index is 9.86. The Hall–Kier alpha value is -1.40. The molecule has 0 aromatic heterocycles. The minimum atomic E-state index is 0.612. The van der Waals surface area contributed by atoms with Crippen LogP contribution in [0.25, 0.3) is 0 Å². The van der Waals surface area contributed by atoms with Crippen LogP contribution in [-0.2, 0) is 4.79 Å². The number of carbonyl (C=O) groups excluding carboxylic acids is 1.